The molecule has 15 heavy (non-hydrogen) atoms. The van der Waals surface area contributed by atoms with Crippen molar-refractivity contribution in [3.8, 4) is 0 Å². The van der Waals surface area contributed by atoms with Crippen molar-refractivity contribution < 1.29 is 0 Å². The summed E-state index contributed by atoms with van der Waals surface area (Å²) in [5.74, 6) is 5.56. The number of aryl methyl sites for hydroxylation is 2. The standard InChI is InChI=1S/C12H18N2S/c1-8(2)12(14-13)11-7-9-5-3-4-6-10(9)15-11/h7,12,14H,1,3-6,13H2,2H3. The van der Waals surface area contributed by atoms with Crippen molar-refractivity contribution in [2.24, 2.45) is 5.84 Å². The maximum absolute atomic E-state index is 5.56. The molecule has 1 unspecified atom stereocenters. The van der Waals surface area contributed by atoms with Gasteiger partial charge in [0.2, 0.25) is 0 Å². The van der Waals surface area contributed by atoms with E-state index in [1.165, 1.54) is 36.1 Å². The lowest BCUT2D eigenvalue weighted by Crippen LogP contribution is -2.27. The molecule has 82 valence electrons. The normalized spacial score (nSPS) is 17.2. The van der Waals surface area contributed by atoms with Crippen molar-refractivity contribution >= 4 is 11.3 Å². The van der Waals surface area contributed by atoms with E-state index in [0.717, 1.165) is 5.57 Å². The van der Waals surface area contributed by atoms with E-state index in [9.17, 15) is 0 Å². The van der Waals surface area contributed by atoms with Gasteiger partial charge in [-0.3, -0.25) is 5.84 Å². The lowest BCUT2D eigenvalue weighted by molar-refractivity contribution is 0.635. The lowest BCUT2D eigenvalue weighted by atomic mass is 9.98. The van der Waals surface area contributed by atoms with E-state index in [1.54, 1.807) is 4.88 Å². The van der Waals surface area contributed by atoms with Crippen LogP contribution in [-0.2, 0) is 12.8 Å². The summed E-state index contributed by atoms with van der Waals surface area (Å²) in [4.78, 5) is 2.87. The zero-order valence-electron chi connectivity index (χ0n) is 9.18. The summed E-state index contributed by atoms with van der Waals surface area (Å²) in [6.45, 7) is 5.99. The van der Waals surface area contributed by atoms with E-state index in [0.29, 0.717) is 0 Å². The van der Waals surface area contributed by atoms with Crippen LogP contribution in [0.25, 0.3) is 0 Å². The number of hydrogen-bond acceptors (Lipinski definition) is 3. The molecule has 1 aromatic rings. The van der Waals surface area contributed by atoms with E-state index in [4.69, 9.17) is 5.84 Å². The summed E-state index contributed by atoms with van der Waals surface area (Å²) in [5.41, 5.74) is 5.45. The Morgan fingerprint density at radius 2 is 2.27 bits per heavy atom. The van der Waals surface area contributed by atoms with Crippen molar-refractivity contribution in [3.63, 3.8) is 0 Å². The van der Waals surface area contributed by atoms with Gasteiger partial charge in [0, 0.05) is 9.75 Å². The summed E-state index contributed by atoms with van der Waals surface area (Å²) >= 11 is 1.89. The number of fused-ring (bicyclic) bond motifs is 1. The minimum Gasteiger partial charge on any atom is -0.271 e. The molecule has 0 fully saturated rings. The molecule has 2 rings (SSSR count). The van der Waals surface area contributed by atoms with Crippen LogP contribution in [0.1, 0.15) is 41.1 Å². The van der Waals surface area contributed by atoms with E-state index in [1.807, 2.05) is 18.3 Å². The fourth-order valence-electron chi connectivity index (χ4n) is 2.12. The minimum atomic E-state index is 0.126. The molecule has 1 heterocycles. The molecule has 1 aliphatic rings. The number of hydrogen-bond donors (Lipinski definition) is 2. The highest BCUT2D eigenvalue weighted by atomic mass is 32.1. The SMILES string of the molecule is C=C(C)C(NN)c1cc2c(s1)CCCC2. The highest BCUT2D eigenvalue weighted by molar-refractivity contribution is 7.12. The van der Waals surface area contributed by atoms with Crippen LogP contribution in [0.5, 0.6) is 0 Å². The Balaban J connectivity index is 2.28. The molecule has 0 amide bonds. The second-order valence-electron chi connectivity index (χ2n) is 4.25. The van der Waals surface area contributed by atoms with Gasteiger partial charge < -0.3 is 0 Å². The molecular weight excluding hydrogens is 204 g/mol. The van der Waals surface area contributed by atoms with Gasteiger partial charge in [-0.15, -0.1) is 11.3 Å². The Bertz CT molecular complexity index is 344. The summed E-state index contributed by atoms with van der Waals surface area (Å²) in [5, 5.41) is 0. The predicted octanol–water partition coefficient (Wildman–Crippen LogP) is 2.71. The Hall–Kier alpha value is -0.640. The van der Waals surface area contributed by atoms with Gasteiger partial charge in [0.05, 0.1) is 6.04 Å². The van der Waals surface area contributed by atoms with Crippen LogP contribution in [0.15, 0.2) is 18.2 Å². The number of hydrazine groups is 1. The Kier molecular flexibility index (Phi) is 3.24. The number of thiophene rings is 1. The van der Waals surface area contributed by atoms with Crippen LogP contribution in [0.4, 0.5) is 0 Å². The third kappa shape index (κ3) is 2.14. The van der Waals surface area contributed by atoms with Gasteiger partial charge in [-0.25, -0.2) is 5.43 Å². The van der Waals surface area contributed by atoms with Crippen molar-refractivity contribution in [3.05, 3.63) is 33.5 Å². The smallest absolute Gasteiger partial charge is 0.0757 e. The van der Waals surface area contributed by atoms with Crippen molar-refractivity contribution in [2.45, 2.75) is 38.6 Å². The fraction of sp³-hybridized carbons (Fsp3) is 0.500. The molecule has 3 N–H and O–H groups in total. The molecule has 3 heteroatoms. The van der Waals surface area contributed by atoms with E-state index < -0.39 is 0 Å². The predicted molar refractivity (Wildman–Crippen MR) is 65.8 cm³/mol. The topological polar surface area (TPSA) is 38.0 Å². The van der Waals surface area contributed by atoms with Gasteiger partial charge in [-0.2, -0.15) is 0 Å². The fourth-order valence-corrected chi connectivity index (χ4v) is 3.53. The number of nitrogens with two attached hydrogens (primary N) is 1. The van der Waals surface area contributed by atoms with Crippen LogP contribution in [0.2, 0.25) is 0 Å². The average molecular weight is 222 g/mol. The molecule has 1 atom stereocenters. The summed E-state index contributed by atoms with van der Waals surface area (Å²) < 4.78 is 0. The largest absolute Gasteiger partial charge is 0.271 e. The first-order valence-electron chi connectivity index (χ1n) is 5.45. The second kappa shape index (κ2) is 4.47. The zero-order valence-corrected chi connectivity index (χ0v) is 9.99. The summed E-state index contributed by atoms with van der Waals surface area (Å²) in [6.07, 6.45) is 5.14. The zero-order chi connectivity index (χ0) is 10.8. The van der Waals surface area contributed by atoms with Gasteiger partial charge in [0.15, 0.2) is 0 Å². The first kappa shape index (κ1) is 10.9. The molecule has 0 bridgehead atoms. The summed E-state index contributed by atoms with van der Waals surface area (Å²) in [6, 6.07) is 2.43. The van der Waals surface area contributed by atoms with Crippen molar-refractivity contribution in [2.75, 3.05) is 0 Å². The average Bonchev–Trinajstić information content (AvgIpc) is 2.61. The van der Waals surface area contributed by atoms with Crippen LogP contribution in [0, 0.1) is 0 Å². The lowest BCUT2D eigenvalue weighted by Gasteiger charge is -2.13. The molecular formula is C12H18N2S. The van der Waals surface area contributed by atoms with E-state index >= 15 is 0 Å². The second-order valence-corrected chi connectivity index (χ2v) is 5.42. The van der Waals surface area contributed by atoms with Gasteiger partial charge in [0.25, 0.3) is 0 Å². The first-order chi connectivity index (χ1) is 7.22. The third-order valence-electron chi connectivity index (χ3n) is 2.96. The van der Waals surface area contributed by atoms with Crippen LogP contribution in [-0.4, -0.2) is 0 Å². The van der Waals surface area contributed by atoms with Crippen molar-refractivity contribution in [1.82, 2.24) is 5.43 Å². The van der Waals surface area contributed by atoms with E-state index in [-0.39, 0.29) is 6.04 Å². The highest BCUT2D eigenvalue weighted by Crippen LogP contribution is 2.34. The molecule has 0 radical (unpaired) electrons. The van der Waals surface area contributed by atoms with Crippen LogP contribution < -0.4 is 11.3 Å². The molecule has 1 aliphatic carbocycles. The highest BCUT2D eigenvalue weighted by Gasteiger charge is 2.18. The Labute approximate surface area is 95.2 Å². The van der Waals surface area contributed by atoms with Crippen LogP contribution >= 0.6 is 11.3 Å². The molecule has 0 aliphatic heterocycles. The van der Waals surface area contributed by atoms with Gasteiger partial charge >= 0.3 is 0 Å². The Morgan fingerprint density at radius 3 is 2.87 bits per heavy atom. The number of nitrogens with one attached hydrogen (secondary N) is 1. The molecule has 0 saturated heterocycles. The summed E-state index contributed by atoms with van der Waals surface area (Å²) in [7, 11) is 0. The van der Waals surface area contributed by atoms with Gasteiger partial charge in [-0.05, 0) is 44.2 Å². The quantitative estimate of drug-likeness (QED) is 0.469. The Morgan fingerprint density at radius 1 is 1.53 bits per heavy atom. The third-order valence-corrected chi connectivity index (χ3v) is 4.26. The first-order valence-corrected chi connectivity index (χ1v) is 6.27. The van der Waals surface area contributed by atoms with Gasteiger partial charge in [-0.1, -0.05) is 12.2 Å². The van der Waals surface area contributed by atoms with E-state index in [2.05, 4.69) is 18.1 Å². The molecule has 2 nitrogen and oxygen atoms in total. The molecule has 0 spiro atoms. The maximum Gasteiger partial charge on any atom is 0.0757 e. The van der Waals surface area contributed by atoms with Crippen LogP contribution in [0.3, 0.4) is 0 Å². The molecule has 0 saturated carbocycles. The van der Waals surface area contributed by atoms with Crippen molar-refractivity contribution in [1.29, 1.82) is 0 Å². The maximum atomic E-state index is 5.56. The molecule has 1 aromatic heterocycles. The monoisotopic (exact) mass is 222 g/mol. The minimum absolute atomic E-state index is 0.126. The van der Waals surface area contributed by atoms with Gasteiger partial charge in [0.1, 0.15) is 0 Å². The molecule has 0 aromatic carbocycles. The number of rotatable bonds is 3.